The summed E-state index contributed by atoms with van der Waals surface area (Å²) in [5.41, 5.74) is 2.12. The van der Waals surface area contributed by atoms with Crippen molar-refractivity contribution < 1.29 is 12.9 Å². The van der Waals surface area contributed by atoms with Crippen LogP contribution in [-0.2, 0) is 22.2 Å². The fourth-order valence-electron chi connectivity index (χ4n) is 1.60. The van der Waals surface area contributed by atoms with Gasteiger partial charge in [-0.1, -0.05) is 47.6 Å². The summed E-state index contributed by atoms with van der Waals surface area (Å²) in [5.74, 6) is 0.438. The number of hydrogen-bond donors (Lipinski definition) is 1. The van der Waals surface area contributed by atoms with Gasteiger partial charge >= 0.3 is 11.4 Å². The molecule has 0 amide bonds. The monoisotopic (exact) mass is 270 g/mol. The average molecular weight is 270 g/mol. The Hall–Kier alpha value is -0.870. The highest BCUT2D eigenvalue weighted by molar-refractivity contribution is 7.74. The number of benzene rings is 1. The first kappa shape index (κ1) is 15.2. The molecule has 0 aliphatic rings. The molecular weight excluding hydrogens is 248 g/mol. The maximum Gasteiger partial charge on any atom is 0.357 e. The standard InChI is InChI=1S/C14H22O3S/c1-13(2,3)10-7-11(14(4,5)6)9-12(8-10)17-18(15)16/h7-9H,1-6H3,(H,15,16). The van der Waals surface area contributed by atoms with Gasteiger partial charge in [0.15, 0.2) is 0 Å². The van der Waals surface area contributed by atoms with Gasteiger partial charge in [-0.3, -0.25) is 4.55 Å². The van der Waals surface area contributed by atoms with Gasteiger partial charge in [0.2, 0.25) is 0 Å². The minimum Gasteiger partial charge on any atom is -0.380 e. The van der Waals surface area contributed by atoms with Crippen molar-refractivity contribution in [3.8, 4) is 5.75 Å². The molecule has 0 spiro atoms. The van der Waals surface area contributed by atoms with E-state index in [0.29, 0.717) is 5.75 Å². The lowest BCUT2D eigenvalue weighted by Crippen LogP contribution is -2.16. The Morgan fingerprint density at radius 1 is 0.944 bits per heavy atom. The molecule has 4 heteroatoms. The summed E-state index contributed by atoms with van der Waals surface area (Å²) in [7, 11) is 0. The van der Waals surface area contributed by atoms with Crippen LogP contribution >= 0.6 is 0 Å². The lowest BCUT2D eigenvalue weighted by Gasteiger charge is -2.25. The van der Waals surface area contributed by atoms with E-state index in [9.17, 15) is 4.21 Å². The van der Waals surface area contributed by atoms with Crippen molar-refractivity contribution in [1.82, 2.24) is 0 Å². The van der Waals surface area contributed by atoms with Crippen LogP contribution in [0, 0.1) is 0 Å². The predicted molar refractivity (Wildman–Crippen MR) is 75.2 cm³/mol. The van der Waals surface area contributed by atoms with Crippen molar-refractivity contribution in [2.75, 3.05) is 0 Å². The summed E-state index contributed by atoms with van der Waals surface area (Å²) in [4.78, 5) is 0. The largest absolute Gasteiger partial charge is 0.380 e. The molecule has 0 aliphatic carbocycles. The highest BCUT2D eigenvalue weighted by Crippen LogP contribution is 2.32. The molecule has 1 aromatic carbocycles. The van der Waals surface area contributed by atoms with E-state index < -0.39 is 11.4 Å². The van der Waals surface area contributed by atoms with Gasteiger partial charge < -0.3 is 4.18 Å². The molecule has 18 heavy (non-hydrogen) atoms. The zero-order valence-electron chi connectivity index (χ0n) is 11.9. The van der Waals surface area contributed by atoms with Gasteiger partial charge in [-0.2, -0.15) is 4.21 Å². The molecule has 0 radical (unpaired) electrons. The second-order valence-electron chi connectivity index (χ2n) is 6.55. The van der Waals surface area contributed by atoms with Gasteiger partial charge in [-0.15, -0.1) is 0 Å². The average Bonchev–Trinajstić information content (AvgIpc) is 2.13. The van der Waals surface area contributed by atoms with E-state index in [2.05, 4.69) is 47.6 Å². The number of rotatable bonds is 2. The third-order valence-electron chi connectivity index (χ3n) is 2.81. The van der Waals surface area contributed by atoms with Gasteiger partial charge in [0, 0.05) is 0 Å². The van der Waals surface area contributed by atoms with Gasteiger partial charge in [-0.25, -0.2) is 0 Å². The van der Waals surface area contributed by atoms with E-state index >= 15 is 0 Å². The van der Waals surface area contributed by atoms with Crippen LogP contribution < -0.4 is 4.18 Å². The second kappa shape index (κ2) is 5.02. The van der Waals surface area contributed by atoms with E-state index in [1.54, 1.807) is 0 Å². The minimum absolute atomic E-state index is 0.0314. The quantitative estimate of drug-likeness (QED) is 0.831. The number of hydrogen-bond acceptors (Lipinski definition) is 2. The molecule has 102 valence electrons. The Morgan fingerprint density at radius 3 is 1.61 bits per heavy atom. The summed E-state index contributed by atoms with van der Waals surface area (Å²) >= 11 is -2.29. The molecule has 1 aromatic rings. The molecule has 1 N–H and O–H groups in total. The zero-order valence-corrected chi connectivity index (χ0v) is 12.7. The van der Waals surface area contributed by atoms with Crippen LogP contribution in [0.3, 0.4) is 0 Å². The smallest absolute Gasteiger partial charge is 0.357 e. The van der Waals surface area contributed by atoms with Crippen molar-refractivity contribution in [3.05, 3.63) is 29.3 Å². The molecule has 0 bridgehead atoms. The summed E-state index contributed by atoms with van der Waals surface area (Å²) < 4.78 is 24.5. The molecule has 1 unspecified atom stereocenters. The topological polar surface area (TPSA) is 46.5 Å². The molecule has 0 aromatic heterocycles. The summed E-state index contributed by atoms with van der Waals surface area (Å²) in [6.45, 7) is 12.6. The van der Waals surface area contributed by atoms with E-state index in [4.69, 9.17) is 8.74 Å². The normalized spacial score (nSPS) is 14.4. The third-order valence-corrected chi connectivity index (χ3v) is 3.14. The molecular formula is C14H22O3S. The Morgan fingerprint density at radius 2 is 1.33 bits per heavy atom. The lowest BCUT2D eigenvalue weighted by molar-refractivity contribution is 0.454. The first-order valence-electron chi connectivity index (χ1n) is 5.95. The van der Waals surface area contributed by atoms with Crippen LogP contribution in [0.5, 0.6) is 5.75 Å². The van der Waals surface area contributed by atoms with Crippen molar-refractivity contribution >= 4 is 11.4 Å². The predicted octanol–water partition coefficient (Wildman–Crippen LogP) is 3.80. The van der Waals surface area contributed by atoms with Crippen molar-refractivity contribution in [3.63, 3.8) is 0 Å². The van der Waals surface area contributed by atoms with Gasteiger partial charge in [0.1, 0.15) is 5.75 Å². The van der Waals surface area contributed by atoms with Crippen LogP contribution in [0.15, 0.2) is 18.2 Å². The molecule has 1 rings (SSSR count). The zero-order chi connectivity index (χ0) is 14.1. The van der Waals surface area contributed by atoms with Crippen molar-refractivity contribution in [2.24, 2.45) is 0 Å². The van der Waals surface area contributed by atoms with Crippen molar-refractivity contribution in [1.29, 1.82) is 0 Å². The van der Waals surface area contributed by atoms with E-state index in [-0.39, 0.29) is 10.8 Å². The molecule has 3 nitrogen and oxygen atoms in total. The van der Waals surface area contributed by atoms with Crippen LogP contribution in [0.4, 0.5) is 0 Å². The molecule has 0 fully saturated rings. The Kier molecular flexibility index (Phi) is 4.23. The van der Waals surface area contributed by atoms with Crippen LogP contribution in [0.1, 0.15) is 52.7 Å². The fourth-order valence-corrected chi connectivity index (χ4v) is 1.86. The van der Waals surface area contributed by atoms with E-state index in [1.807, 2.05) is 12.1 Å². The summed E-state index contributed by atoms with van der Waals surface area (Å²) in [6, 6.07) is 5.78. The minimum atomic E-state index is -2.29. The van der Waals surface area contributed by atoms with Crippen LogP contribution in [-0.4, -0.2) is 8.76 Å². The first-order chi connectivity index (χ1) is 8.00. The van der Waals surface area contributed by atoms with Gasteiger partial charge in [-0.05, 0) is 34.1 Å². The maximum absolute atomic E-state index is 10.8. The molecule has 0 heterocycles. The van der Waals surface area contributed by atoms with Crippen LogP contribution in [0.2, 0.25) is 0 Å². The molecule has 0 saturated heterocycles. The SMILES string of the molecule is CC(C)(C)c1cc(OS(=O)O)cc(C(C)(C)C)c1. The van der Waals surface area contributed by atoms with E-state index in [1.165, 1.54) is 0 Å². The first-order valence-corrected chi connectivity index (χ1v) is 6.98. The van der Waals surface area contributed by atoms with E-state index in [0.717, 1.165) is 11.1 Å². The molecule has 0 aliphatic heterocycles. The van der Waals surface area contributed by atoms with Gasteiger partial charge in [0.05, 0.1) is 0 Å². The van der Waals surface area contributed by atoms with Crippen LogP contribution in [0.25, 0.3) is 0 Å². The highest BCUT2D eigenvalue weighted by atomic mass is 32.2. The Labute approximate surface area is 112 Å². The van der Waals surface area contributed by atoms with Gasteiger partial charge in [0.25, 0.3) is 0 Å². The highest BCUT2D eigenvalue weighted by Gasteiger charge is 2.21. The summed E-state index contributed by atoms with van der Waals surface area (Å²) in [5, 5.41) is 0. The Bertz CT molecular complexity index is 421. The summed E-state index contributed by atoms with van der Waals surface area (Å²) in [6.07, 6.45) is 0. The third kappa shape index (κ3) is 4.10. The van der Waals surface area contributed by atoms with Crippen molar-refractivity contribution in [2.45, 2.75) is 52.4 Å². The maximum atomic E-state index is 10.8. The molecule has 0 saturated carbocycles. The fraction of sp³-hybridized carbons (Fsp3) is 0.571. The Balaban J connectivity index is 3.34. The second-order valence-corrected chi connectivity index (χ2v) is 7.15. The lowest BCUT2D eigenvalue weighted by atomic mass is 9.80. The molecule has 1 atom stereocenters.